The van der Waals surface area contributed by atoms with Gasteiger partial charge in [0.15, 0.2) is 0 Å². The molecule has 36 heavy (non-hydrogen) atoms. The van der Waals surface area contributed by atoms with Gasteiger partial charge in [0.2, 0.25) is 0 Å². The highest BCUT2D eigenvalue weighted by molar-refractivity contribution is 6.19. The van der Waals surface area contributed by atoms with E-state index < -0.39 is 24.1 Å². The zero-order chi connectivity index (χ0) is 26.0. The summed E-state index contributed by atoms with van der Waals surface area (Å²) >= 11 is 0. The third-order valence-electron chi connectivity index (χ3n) is 7.95. The third-order valence-corrected chi connectivity index (χ3v) is 7.95. The molecule has 0 heterocycles. The molecule has 0 bridgehead atoms. The second kappa shape index (κ2) is 11.0. The molecule has 0 spiro atoms. The Labute approximate surface area is 211 Å². The molecule has 8 heteroatoms. The first-order valence-electron chi connectivity index (χ1n) is 13.0. The molecule has 2 fully saturated rings. The van der Waals surface area contributed by atoms with Crippen LogP contribution in [0, 0.1) is 11.8 Å². The molecule has 0 saturated heterocycles. The topological polar surface area (TPSA) is 136 Å². The maximum Gasteiger partial charge on any atom is 0.336 e. The number of amides is 1. The Hall–Kier alpha value is -2.97. The predicted octanol–water partition coefficient (Wildman–Crippen LogP) is 4.70. The molecule has 2 saturated carbocycles. The minimum Gasteiger partial charge on any atom is -0.478 e. The highest BCUT2D eigenvalue weighted by Crippen LogP contribution is 2.34. The lowest BCUT2D eigenvalue weighted by Crippen LogP contribution is -2.37. The molecule has 2 aromatic carbocycles. The third kappa shape index (κ3) is 5.55. The van der Waals surface area contributed by atoms with Crippen molar-refractivity contribution in [1.82, 2.24) is 10.6 Å². The highest BCUT2D eigenvalue weighted by Gasteiger charge is 2.28. The molecule has 2 aliphatic carbocycles. The van der Waals surface area contributed by atoms with Gasteiger partial charge >= 0.3 is 11.9 Å². The minimum absolute atomic E-state index is 0.0136. The summed E-state index contributed by atoms with van der Waals surface area (Å²) < 4.78 is 0. The number of rotatable bonds is 7. The molecule has 0 radical (unpaired) electrons. The van der Waals surface area contributed by atoms with E-state index in [1.165, 1.54) is 24.3 Å². The van der Waals surface area contributed by atoms with Crippen molar-refractivity contribution in [2.75, 3.05) is 0 Å². The maximum absolute atomic E-state index is 13.4. The van der Waals surface area contributed by atoms with Crippen LogP contribution in [0.1, 0.15) is 108 Å². The fraction of sp³-hybridized carbons (Fsp3) is 0.536. The Morgan fingerprint density at radius 3 is 1.75 bits per heavy atom. The van der Waals surface area contributed by atoms with Crippen molar-refractivity contribution < 1.29 is 29.7 Å². The number of aliphatic hydroxyl groups is 1. The van der Waals surface area contributed by atoms with Crippen LogP contribution in [-0.2, 0) is 0 Å². The van der Waals surface area contributed by atoms with Gasteiger partial charge in [-0.1, -0.05) is 19.9 Å². The monoisotopic (exact) mass is 496 g/mol. The smallest absolute Gasteiger partial charge is 0.336 e. The highest BCUT2D eigenvalue weighted by atomic mass is 16.4. The normalized spacial score (nSPS) is 25.3. The average Bonchev–Trinajstić information content (AvgIpc) is 2.85. The lowest BCUT2D eigenvalue weighted by molar-refractivity contribution is 0.0685. The van der Waals surface area contributed by atoms with Gasteiger partial charge < -0.3 is 20.6 Å². The van der Waals surface area contributed by atoms with Gasteiger partial charge in [-0.05, 0) is 81.4 Å². The largest absolute Gasteiger partial charge is 0.478 e. The van der Waals surface area contributed by atoms with E-state index >= 15 is 0 Å². The van der Waals surface area contributed by atoms with Crippen molar-refractivity contribution in [2.45, 2.75) is 83.5 Å². The molecular weight excluding hydrogens is 460 g/mol. The Morgan fingerprint density at radius 1 is 0.722 bits per heavy atom. The minimum atomic E-state index is -1.27. The number of aromatic carboxylic acids is 2. The van der Waals surface area contributed by atoms with Crippen molar-refractivity contribution in [1.29, 1.82) is 0 Å². The number of benzene rings is 2. The first-order chi connectivity index (χ1) is 17.2. The quantitative estimate of drug-likeness (QED) is 0.350. The Kier molecular flexibility index (Phi) is 7.95. The van der Waals surface area contributed by atoms with Gasteiger partial charge in [0.1, 0.15) is 6.23 Å². The number of carbonyl (C=O) groups excluding carboxylic acids is 1. The van der Waals surface area contributed by atoms with Crippen LogP contribution in [0.15, 0.2) is 24.3 Å². The van der Waals surface area contributed by atoms with E-state index in [1.807, 2.05) is 0 Å². The van der Waals surface area contributed by atoms with Gasteiger partial charge in [-0.25, -0.2) is 9.59 Å². The summed E-state index contributed by atoms with van der Waals surface area (Å²) in [6, 6.07) is 5.56. The van der Waals surface area contributed by atoms with E-state index in [9.17, 15) is 29.7 Å². The summed E-state index contributed by atoms with van der Waals surface area (Å²) in [5.74, 6) is -1.71. The van der Waals surface area contributed by atoms with E-state index in [2.05, 4.69) is 24.5 Å². The number of nitrogens with one attached hydrogen (secondary N) is 2. The Balaban J connectivity index is 1.77. The van der Waals surface area contributed by atoms with Crippen LogP contribution in [0.3, 0.4) is 0 Å². The lowest BCUT2D eigenvalue weighted by Gasteiger charge is -2.30. The first-order valence-corrected chi connectivity index (χ1v) is 13.0. The van der Waals surface area contributed by atoms with Crippen LogP contribution in [0.5, 0.6) is 0 Å². The molecule has 1 atom stereocenters. The molecule has 5 N–H and O–H groups in total. The molecule has 4 rings (SSSR count). The molecule has 0 aromatic heterocycles. The van der Waals surface area contributed by atoms with Gasteiger partial charge in [0.25, 0.3) is 5.91 Å². The van der Waals surface area contributed by atoms with E-state index in [4.69, 9.17) is 0 Å². The van der Waals surface area contributed by atoms with E-state index in [-0.39, 0.29) is 45.1 Å². The Bertz CT molecular complexity index is 1150. The Morgan fingerprint density at radius 2 is 1.19 bits per heavy atom. The standard InChI is InChI=1S/C28H36N2O6/c1-15-3-7-17(8-4-15)29-25(31)19-11-13-22(28(35)36)24-20(12-14-21(23(19)24)27(33)34)26(32)30-18-9-5-16(2)6-10-18/h11-18,25,29,31H,3-10H2,1-2H3,(H,30,32)(H,33,34)(H,35,36). The van der Waals surface area contributed by atoms with Gasteiger partial charge in [0, 0.05) is 34.0 Å². The number of hydrogen-bond donors (Lipinski definition) is 5. The number of hydrogen-bond acceptors (Lipinski definition) is 5. The summed E-state index contributed by atoms with van der Waals surface area (Å²) in [5.41, 5.74) is 0.0425. The lowest BCUT2D eigenvalue weighted by atomic mass is 9.86. The fourth-order valence-electron chi connectivity index (χ4n) is 5.70. The van der Waals surface area contributed by atoms with Gasteiger partial charge in [-0.15, -0.1) is 0 Å². The number of carboxylic acids is 2. The van der Waals surface area contributed by atoms with Crippen molar-refractivity contribution in [3.8, 4) is 0 Å². The maximum atomic E-state index is 13.4. The van der Waals surface area contributed by atoms with Crippen molar-refractivity contribution in [2.24, 2.45) is 11.8 Å². The molecule has 194 valence electrons. The predicted molar refractivity (Wildman–Crippen MR) is 136 cm³/mol. The molecule has 0 aliphatic heterocycles. The summed E-state index contributed by atoms with van der Waals surface area (Å²) in [5, 5.41) is 37.3. The van der Waals surface area contributed by atoms with Crippen molar-refractivity contribution in [3.63, 3.8) is 0 Å². The van der Waals surface area contributed by atoms with Gasteiger partial charge in [0.05, 0.1) is 11.1 Å². The van der Waals surface area contributed by atoms with Crippen LogP contribution in [0.25, 0.3) is 10.8 Å². The summed E-state index contributed by atoms with van der Waals surface area (Å²) in [6.07, 6.45) is 6.35. The average molecular weight is 497 g/mol. The summed E-state index contributed by atoms with van der Waals surface area (Å²) in [4.78, 5) is 37.7. The number of carbonyl (C=O) groups is 3. The van der Waals surface area contributed by atoms with Crippen LogP contribution >= 0.6 is 0 Å². The second-order valence-electron chi connectivity index (χ2n) is 10.7. The second-order valence-corrected chi connectivity index (χ2v) is 10.7. The van der Waals surface area contributed by atoms with Crippen molar-refractivity contribution in [3.05, 3.63) is 46.5 Å². The van der Waals surface area contributed by atoms with Crippen LogP contribution in [-0.4, -0.2) is 45.2 Å². The summed E-state index contributed by atoms with van der Waals surface area (Å²) in [7, 11) is 0. The summed E-state index contributed by atoms with van der Waals surface area (Å²) in [6.45, 7) is 4.38. The molecule has 2 aromatic rings. The number of carboxylic acid groups (broad SMARTS) is 2. The van der Waals surface area contributed by atoms with Gasteiger partial charge in [-0.3, -0.25) is 10.1 Å². The fourth-order valence-corrected chi connectivity index (χ4v) is 5.70. The van der Waals surface area contributed by atoms with Crippen molar-refractivity contribution >= 4 is 28.6 Å². The van der Waals surface area contributed by atoms with E-state index in [1.54, 1.807) is 0 Å². The number of aliphatic hydroxyl groups excluding tert-OH is 1. The molecule has 1 amide bonds. The molecule has 8 nitrogen and oxygen atoms in total. The van der Waals surface area contributed by atoms with Crippen LogP contribution < -0.4 is 10.6 Å². The van der Waals surface area contributed by atoms with Crippen LogP contribution in [0.4, 0.5) is 0 Å². The van der Waals surface area contributed by atoms with E-state index in [0.29, 0.717) is 11.8 Å². The van der Waals surface area contributed by atoms with E-state index in [0.717, 1.165) is 51.4 Å². The molecule has 2 aliphatic rings. The SMILES string of the molecule is CC1CCC(NC(=O)c2ccc(C(=O)O)c3c(C(O)NC4CCC(C)CC4)ccc(C(=O)O)c23)CC1. The van der Waals surface area contributed by atoms with Gasteiger partial charge in [-0.2, -0.15) is 0 Å². The number of fused-ring (bicyclic) bond motifs is 1. The first kappa shape index (κ1) is 26.1. The molecule has 1 unspecified atom stereocenters. The zero-order valence-corrected chi connectivity index (χ0v) is 20.9. The zero-order valence-electron chi connectivity index (χ0n) is 20.9. The molecular formula is C28H36N2O6. The van der Waals surface area contributed by atoms with Crippen LogP contribution in [0.2, 0.25) is 0 Å².